The van der Waals surface area contributed by atoms with Crippen LogP contribution in [0.2, 0.25) is 0 Å². The highest BCUT2D eigenvalue weighted by molar-refractivity contribution is 6.11. The largest absolute Gasteiger partial charge is 0.455 e. The zero-order chi connectivity index (χ0) is 22.9. The minimum atomic E-state index is -0.401. The van der Waals surface area contributed by atoms with Gasteiger partial charge in [-0.15, -0.1) is 0 Å². The van der Waals surface area contributed by atoms with Gasteiger partial charge in [0.2, 0.25) is 0 Å². The number of benzene rings is 3. The van der Waals surface area contributed by atoms with E-state index in [0.717, 1.165) is 18.4 Å². The lowest BCUT2D eigenvalue weighted by Gasteiger charge is -2.11. The number of rotatable bonds is 5. The molecular weight excluding hydrogens is 416 g/mol. The van der Waals surface area contributed by atoms with Crippen molar-refractivity contribution in [2.45, 2.75) is 25.8 Å². The zero-order valence-corrected chi connectivity index (χ0v) is 18.1. The van der Waals surface area contributed by atoms with Gasteiger partial charge in [-0.1, -0.05) is 36.4 Å². The Morgan fingerprint density at radius 1 is 0.879 bits per heavy atom. The van der Waals surface area contributed by atoms with E-state index >= 15 is 0 Å². The summed E-state index contributed by atoms with van der Waals surface area (Å²) in [5.74, 6) is -0.0730. The first kappa shape index (κ1) is 20.7. The van der Waals surface area contributed by atoms with Crippen molar-refractivity contribution in [2.75, 3.05) is 5.32 Å². The molecular formula is C27H22N2O4. The van der Waals surface area contributed by atoms with E-state index in [1.165, 1.54) is 0 Å². The summed E-state index contributed by atoms with van der Waals surface area (Å²) in [7, 11) is 0. The first-order valence-electron chi connectivity index (χ1n) is 10.9. The Bertz CT molecular complexity index is 1420. The lowest BCUT2D eigenvalue weighted by atomic mass is 10.0. The average molecular weight is 438 g/mol. The maximum Gasteiger partial charge on any atom is 0.259 e. The van der Waals surface area contributed by atoms with Gasteiger partial charge in [0.05, 0.1) is 10.9 Å². The van der Waals surface area contributed by atoms with E-state index in [0.29, 0.717) is 28.0 Å². The molecule has 2 N–H and O–H groups in total. The van der Waals surface area contributed by atoms with Gasteiger partial charge in [-0.25, -0.2) is 0 Å². The Labute approximate surface area is 190 Å². The van der Waals surface area contributed by atoms with Gasteiger partial charge in [-0.3, -0.25) is 14.4 Å². The maximum absolute atomic E-state index is 13.1. The zero-order valence-electron chi connectivity index (χ0n) is 18.1. The van der Waals surface area contributed by atoms with Crippen molar-refractivity contribution < 1.29 is 14.0 Å². The van der Waals surface area contributed by atoms with Crippen LogP contribution in [0.5, 0.6) is 0 Å². The number of carbonyl (C=O) groups excluding carboxylic acids is 2. The van der Waals surface area contributed by atoms with Crippen LogP contribution in [0.15, 0.2) is 82.0 Å². The minimum absolute atomic E-state index is 0.116. The quantitative estimate of drug-likeness (QED) is 0.463. The number of carbonyl (C=O) groups is 2. The van der Waals surface area contributed by atoms with Crippen molar-refractivity contribution in [3.8, 4) is 11.3 Å². The topological polar surface area (TPSA) is 88.4 Å². The minimum Gasteiger partial charge on any atom is -0.455 e. The van der Waals surface area contributed by atoms with E-state index < -0.39 is 5.91 Å². The highest BCUT2D eigenvalue weighted by Gasteiger charge is 2.24. The molecule has 0 aliphatic heterocycles. The Morgan fingerprint density at radius 3 is 2.30 bits per heavy atom. The van der Waals surface area contributed by atoms with Gasteiger partial charge < -0.3 is 15.1 Å². The Morgan fingerprint density at radius 2 is 1.61 bits per heavy atom. The number of fused-ring (bicyclic) bond motifs is 1. The fraction of sp³-hybridized carbons (Fsp3) is 0.148. The summed E-state index contributed by atoms with van der Waals surface area (Å²) < 4.78 is 6.13. The molecule has 1 fully saturated rings. The number of anilines is 1. The highest BCUT2D eigenvalue weighted by Crippen LogP contribution is 2.28. The monoisotopic (exact) mass is 438 g/mol. The first-order chi connectivity index (χ1) is 16.0. The Balaban J connectivity index is 1.46. The standard InChI is InChI=1S/C27H22N2O4/c1-16-23(30)21-8-5-9-22(25(21)33-24(16)17-6-3-2-4-7-17)27(32)29-19-12-10-18(11-13-19)26(31)28-20-14-15-20/h2-13,20H,14-15H2,1H3,(H,28,31)(H,29,32). The number of nitrogens with one attached hydrogen (secondary N) is 2. The second-order valence-corrected chi connectivity index (χ2v) is 8.21. The molecule has 1 aromatic heterocycles. The van der Waals surface area contributed by atoms with Crippen molar-refractivity contribution in [1.29, 1.82) is 0 Å². The third-order valence-electron chi connectivity index (χ3n) is 5.74. The first-order valence-corrected chi connectivity index (χ1v) is 10.9. The molecule has 5 rings (SSSR count). The average Bonchev–Trinajstić information content (AvgIpc) is 3.66. The van der Waals surface area contributed by atoms with Crippen LogP contribution >= 0.6 is 0 Å². The summed E-state index contributed by atoms with van der Waals surface area (Å²) in [5, 5.41) is 6.12. The third-order valence-corrected chi connectivity index (χ3v) is 5.74. The molecule has 0 unspecified atom stereocenters. The predicted octanol–water partition coefficient (Wildman–Crippen LogP) is 4.91. The van der Waals surface area contributed by atoms with Crippen LogP contribution in [0.1, 0.15) is 39.1 Å². The lowest BCUT2D eigenvalue weighted by Crippen LogP contribution is -2.25. The molecule has 1 heterocycles. The molecule has 4 aromatic rings. The van der Waals surface area contributed by atoms with Crippen molar-refractivity contribution >= 4 is 28.5 Å². The smallest absolute Gasteiger partial charge is 0.259 e. The summed E-state index contributed by atoms with van der Waals surface area (Å²) in [6.07, 6.45) is 2.04. The molecule has 164 valence electrons. The molecule has 0 saturated heterocycles. The van der Waals surface area contributed by atoms with E-state index in [-0.39, 0.29) is 28.5 Å². The molecule has 0 bridgehead atoms. The molecule has 6 heteroatoms. The van der Waals surface area contributed by atoms with E-state index in [1.807, 2.05) is 30.3 Å². The van der Waals surface area contributed by atoms with Crippen LogP contribution in [0.3, 0.4) is 0 Å². The molecule has 0 atom stereocenters. The third kappa shape index (κ3) is 4.15. The molecule has 0 radical (unpaired) electrons. The molecule has 2 amide bonds. The van der Waals surface area contributed by atoms with E-state index in [9.17, 15) is 14.4 Å². The molecule has 1 aliphatic carbocycles. The van der Waals surface area contributed by atoms with Gasteiger partial charge in [0.25, 0.3) is 11.8 Å². The number of para-hydroxylation sites is 1. The molecule has 1 aliphatic rings. The van der Waals surface area contributed by atoms with Gasteiger partial charge in [0.15, 0.2) is 11.0 Å². The number of amides is 2. The van der Waals surface area contributed by atoms with E-state index in [2.05, 4.69) is 10.6 Å². The van der Waals surface area contributed by atoms with Gasteiger partial charge in [-0.2, -0.15) is 0 Å². The summed E-state index contributed by atoms with van der Waals surface area (Å²) in [4.78, 5) is 38.3. The van der Waals surface area contributed by atoms with Crippen LogP contribution < -0.4 is 16.1 Å². The van der Waals surface area contributed by atoms with Crippen molar-refractivity contribution in [3.05, 3.63) is 99.7 Å². The van der Waals surface area contributed by atoms with Crippen molar-refractivity contribution in [3.63, 3.8) is 0 Å². The summed E-state index contributed by atoms with van der Waals surface area (Å²) in [6, 6.07) is 21.3. The molecule has 6 nitrogen and oxygen atoms in total. The summed E-state index contributed by atoms with van der Waals surface area (Å²) >= 11 is 0. The maximum atomic E-state index is 13.1. The van der Waals surface area contributed by atoms with Gasteiger partial charge in [0.1, 0.15) is 5.76 Å². The Hall–Kier alpha value is -4.19. The molecule has 33 heavy (non-hydrogen) atoms. The van der Waals surface area contributed by atoms with E-state index in [4.69, 9.17) is 4.42 Å². The van der Waals surface area contributed by atoms with Crippen LogP contribution in [-0.4, -0.2) is 17.9 Å². The van der Waals surface area contributed by atoms with Crippen LogP contribution in [0.4, 0.5) is 5.69 Å². The van der Waals surface area contributed by atoms with Crippen LogP contribution in [0.25, 0.3) is 22.3 Å². The van der Waals surface area contributed by atoms with Crippen LogP contribution in [0, 0.1) is 6.92 Å². The lowest BCUT2D eigenvalue weighted by molar-refractivity contribution is 0.0950. The number of hydrogen-bond donors (Lipinski definition) is 2. The summed E-state index contributed by atoms with van der Waals surface area (Å²) in [5.41, 5.74) is 2.67. The molecule has 1 saturated carbocycles. The van der Waals surface area contributed by atoms with Crippen molar-refractivity contribution in [2.24, 2.45) is 0 Å². The SMILES string of the molecule is Cc1c(-c2ccccc2)oc2c(C(=O)Nc3ccc(C(=O)NC4CC4)cc3)cccc2c1=O. The highest BCUT2D eigenvalue weighted by atomic mass is 16.3. The Kier molecular flexibility index (Phi) is 5.26. The summed E-state index contributed by atoms with van der Waals surface area (Å²) in [6.45, 7) is 1.72. The number of hydrogen-bond acceptors (Lipinski definition) is 4. The second kappa shape index (κ2) is 8.39. The van der Waals surface area contributed by atoms with Crippen molar-refractivity contribution in [1.82, 2.24) is 5.32 Å². The van der Waals surface area contributed by atoms with Gasteiger partial charge >= 0.3 is 0 Å². The normalized spacial score (nSPS) is 13.0. The van der Waals surface area contributed by atoms with Crippen LogP contribution in [-0.2, 0) is 0 Å². The molecule has 3 aromatic carbocycles. The second-order valence-electron chi connectivity index (χ2n) is 8.21. The van der Waals surface area contributed by atoms with Gasteiger partial charge in [0, 0.05) is 28.4 Å². The predicted molar refractivity (Wildman–Crippen MR) is 128 cm³/mol. The van der Waals surface area contributed by atoms with E-state index in [1.54, 1.807) is 49.4 Å². The fourth-order valence-electron chi connectivity index (χ4n) is 3.75. The van der Waals surface area contributed by atoms with Gasteiger partial charge in [-0.05, 0) is 56.2 Å². The molecule has 0 spiro atoms. The fourth-order valence-corrected chi connectivity index (χ4v) is 3.75.